The summed E-state index contributed by atoms with van der Waals surface area (Å²) < 4.78 is 4.69. The van der Waals surface area contributed by atoms with E-state index in [2.05, 4.69) is 0 Å². The van der Waals surface area contributed by atoms with Gasteiger partial charge in [0.2, 0.25) is 0 Å². The molecule has 0 spiro atoms. The molecule has 0 bridgehead atoms. The van der Waals surface area contributed by atoms with Crippen LogP contribution in [0.15, 0.2) is 0 Å². The van der Waals surface area contributed by atoms with E-state index < -0.39 is 36.2 Å². The van der Waals surface area contributed by atoms with E-state index in [0.29, 0.717) is 25.7 Å². The van der Waals surface area contributed by atoms with Gasteiger partial charge in [0.25, 0.3) is 0 Å². The zero-order chi connectivity index (χ0) is 15.6. The largest absolute Gasteiger partial charge is 0.465 e. The normalized spacial score (nSPS) is 25.0. The molecule has 9 heteroatoms. The van der Waals surface area contributed by atoms with Crippen LogP contribution in [0.3, 0.4) is 0 Å². The average molecular weight is 300 g/mol. The lowest BCUT2D eigenvalue weighted by Gasteiger charge is -2.22. The van der Waals surface area contributed by atoms with Gasteiger partial charge in [-0.25, -0.2) is 19.2 Å². The van der Waals surface area contributed by atoms with Crippen LogP contribution in [0.4, 0.5) is 9.59 Å². The van der Waals surface area contributed by atoms with Crippen molar-refractivity contribution in [3.63, 3.8) is 0 Å². The molecule has 2 N–H and O–H groups in total. The number of carbonyl (C=O) groups excluding carboxylic acids is 2. The van der Waals surface area contributed by atoms with Gasteiger partial charge in [-0.05, 0) is 25.7 Å². The molecule has 0 aromatic carbocycles. The van der Waals surface area contributed by atoms with Crippen LogP contribution in [0.2, 0.25) is 0 Å². The molecular weight excluding hydrogens is 284 g/mol. The smallest absolute Gasteiger partial charge is 0.408 e. The zero-order valence-electron chi connectivity index (χ0n) is 11.2. The molecule has 0 aromatic heterocycles. The minimum atomic E-state index is -1.24. The summed E-state index contributed by atoms with van der Waals surface area (Å²) >= 11 is 0. The summed E-state index contributed by atoms with van der Waals surface area (Å²) in [7, 11) is 0. The molecular formula is C12H16N2O7. The standard InChI is InChI=1S/C12H16N2O7/c15-9(7-3-1-5-13(7)11(17)18)21-10(16)8-4-2-6-14(8)12(19)20/h7-8H,1-6H2,(H,17,18)(H,19,20)/t7-,8-/m1/s1. The van der Waals surface area contributed by atoms with E-state index in [9.17, 15) is 19.2 Å². The van der Waals surface area contributed by atoms with E-state index in [4.69, 9.17) is 14.9 Å². The van der Waals surface area contributed by atoms with Crippen LogP contribution in [0.25, 0.3) is 0 Å². The maximum Gasteiger partial charge on any atom is 0.408 e. The predicted octanol–water partition coefficient (Wildman–Crippen LogP) is 0.341. The van der Waals surface area contributed by atoms with Crippen molar-refractivity contribution in [3.05, 3.63) is 0 Å². The number of likely N-dealkylation sites (tertiary alicyclic amines) is 2. The first-order chi connectivity index (χ1) is 9.91. The lowest BCUT2D eigenvalue weighted by Crippen LogP contribution is -2.45. The third-order valence-corrected chi connectivity index (χ3v) is 3.74. The summed E-state index contributed by atoms with van der Waals surface area (Å²) in [6, 6.07) is -1.99. The maximum absolute atomic E-state index is 11.9. The van der Waals surface area contributed by atoms with Crippen molar-refractivity contribution >= 4 is 24.1 Å². The Kier molecular flexibility index (Phi) is 4.29. The first-order valence-electron chi connectivity index (χ1n) is 6.66. The van der Waals surface area contributed by atoms with Crippen LogP contribution >= 0.6 is 0 Å². The molecule has 2 heterocycles. The predicted molar refractivity (Wildman–Crippen MR) is 66.6 cm³/mol. The van der Waals surface area contributed by atoms with Crippen LogP contribution in [-0.4, -0.2) is 69.3 Å². The molecule has 2 fully saturated rings. The highest BCUT2D eigenvalue weighted by Gasteiger charge is 2.40. The number of hydrogen-bond acceptors (Lipinski definition) is 5. The number of rotatable bonds is 2. The number of hydrogen-bond donors (Lipinski definition) is 2. The fraction of sp³-hybridized carbons (Fsp3) is 0.667. The van der Waals surface area contributed by atoms with Crippen LogP contribution in [0.1, 0.15) is 25.7 Å². The number of esters is 2. The third kappa shape index (κ3) is 3.06. The highest BCUT2D eigenvalue weighted by molar-refractivity contribution is 5.93. The van der Waals surface area contributed by atoms with E-state index >= 15 is 0 Å². The molecule has 2 rings (SSSR count). The molecule has 2 saturated heterocycles. The number of nitrogens with zero attached hydrogens (tertiary/aromatic N) is 2. The SMILES string of the molecule is O=C(OC(=O)[C@H]1CCCN1C(=O)O)[C@H]1CCCN1C(=O)O. The van der Waals surface area contributed by atoms with Crippen LogP contribution in [0.5, 0.6) is 0 Å². The van der Waals surface area contributed by atoms with Gasteiger partial charge in [0, 0.05) is 13.1 Å². The molecule has 2 aliphatic rings. The highest BCUT2D eigenvalue weighted by atomic mass is 16.6. The first kappa shape index (κ1) is 15.1. The second-order valence-corrected chi connectivity index (χ2v) is 5.01. The molecule has 0 unspecified atom stereocenters. The third-order valence-electron chi connectivity index (χ3n) is 3.74. The van der Waals surface area contributed by atoms with Crippen molar-refractivity contribution in [1.82, 2.24) is 9.80 Å². The summed E-state index contributed by atoms with van der Waals surface area (Å²) in [4.78, 5) is 47.5. The van der Waals surface area contributed by atoms with Crippen molar-refractivity contribution in [2.45, 2.75) is 37.8 Å². The van der Waals surface area contributed by atoms with Crippen molar-refractivity contribution in [1.29, 1.82) is 0 Å². The van der Waals surface area contributed by atoms with E-state index in [1.165, 1.54) is 0 Å². The van der Waals surface area contributed by atoms with E-state index in [1.54, 1.807) is 0 Å². The molecule has 21 heavy (non-hydrogen) atoms. The van der Waals surface area contributed by atoms with E-state index in [1.807, 2.05) is 0 Å². The van der Waals surface area contributed by atoms with Crippen LogP contribution in [-0.2, 0) is 14.3 Å². The van der Waals surface area contributed by atoms with Gasteiger partial charge in [0.1, 0.15) is 12.1 Å². The molecule has 9 nitrogen and oxygen atoms in total. The second kappa shape index (κ2) is 5.98. The molecule has 0 radical (unpaired) electrons. The fourth-order valence-electron chi connectivity index (χ4n) is 2.72. The number of carboxylic acid groups (broad SMARTS) is 2. The first-order valence-corrected chi connectivity index (χ1v) is 6.66. The van der Waals surface area contributed by atoms with Gasteiger partial charge < -0.3 is 14.9 Å². The van der Waals surface area contributed by atoms with Gasteiger partial charge >= 0.3 is 24.1 Å². The minimum absolute atomic E-state index is 0.216. The molecule has 2 atom stereocenters. The number of carbonyl (C=O) groups is 4. The summed E-state index contributed by atoms with van der Waals surface area (Å²) in [5.41, 5.74) is 0. The zero-order valence-corrected chi connectivity index (χ0v) is 11.2. The van der Waals surface area contributed by atoms with Gasteiger partial charge in [-0.1, -0.05) is 0 Å². The summed E-state index contributed by atoms with van der Waals surface area (Å²) in [6.45, 7) is 0.432. The Balaban J connectivity index is 1.97. The molecule has 2 aliphatic heterocycles. The Morgan fingerprint density at radius 3 is 1.52 bits per heavy atom. The Bertz CT molecular complexity index is 436. The Morgan fingerprint density at radius 1 is 0.810 bits per heavy atom. The van der Waals surface area contributed by atoms with E-state index in [-0.39, 0.29) is 13.1 Å². The summed E-state index contributed by atoms with van der Waals surface area (Å²) in [5, 5.41) is 17.9. The monoisotopic (exact) mass is 300 g/mol. The molecule has 0 aromatic rings. The van der Waals surface area contributed by atoms with Crippen LogP contribution < -0.4 is 0 Å². The Hall–Kier alpha value is -2.32. The number of ether oxygens (including phenoxy) is 1. The van der Waals surface area contributed by atoms with Crippen LogP contribution in [0, 0.1) is 0 Å². The maximum atomic E-state index is 11.9. The average Bonchev–Trinajstić information content (AvgIpc) is 3.07. The van der Waals surface area contributed by atoms with E-state index in [0.717, 1.165) is 9.80 Å². The lowest BCUT2D eigenvalue weighted by molar-refractivity contribution is -0.165. The molecule has 0 aliphatic carbocycles. The highest BCUT2D eigenvalue weighted by Crippen LogP contribution is 2.21. The van der Waals surface area contributed by atoms with Gasteiger partial charge in [-0.2, -0.15) is 0 Å². The molecule has 2 amide bonds. The lowest BCUT2D eigenvalue weighted by atomic mass is 10.2. The fourth-order valence-corrected chi connectivity index (χ4v) is 2.72. The van der Waals surface area contributed by atoms with Crippen molar-refractivity contribution in [2.75, 3.05) is 13.1 Å². The second-order valence-electron chi connectivity index (χ2n) is 5.01. The quantitative estimate of drug-likeness (QED) is 0.556. The van der Waals surface area contributed by atoms with Gasteiger partial charge in [-0.3, -0.25) is 9.80 Å². The number of amides is 2. The Morgan fingerprint density at radius 2 is 1.19 bits per heavy atom. The topological polar surface area (TPSA) is 124 Å². The van der Waals surface area contributed by atoms with Gasteiger partial charge in [0.15, 0.2) is 0 Å². The Labute approximate surface area is 120 Å². The minimum Gasteiger partial charge on any atom is -0.465 e. The van der Waals surface area contributed by atoms with Gasteiger partial charge in [-0.15, -0.1) is 0 Å². The summed E-state index contributed by atoms with van der Waals surface area (Å²) in [5.74, 6) is -1.87. The summed E-state index contributed by atoms with van der Waals surface area (Å²) in [6.07, 6.45) is -0.849. The van der Waals surface area contributed by atoms with Gasteiger partial charge in [0.05, 0.1) is 0 Å². The van der Waals surface area contributed by atoms with Crippen molar-refractivity contribution < 1.29 is 34.1 Å². The van der Waals surface area contributed by atoms with Crippen molar-refractivity contribution in [3.8, 4) is 0 Å². The van der Waals surface area contributed by atoms with Crippen molar-refractivity contribution in [2.24, 2.45) is 0 Å². The molecule has 116 valence electrons. The molecule has 0 saturated carbocycles.